The predicted molar refractivity (Wildman–Crippen MR) is 93.0 cm³/mol. The normalized spacial score (nSPS) is 26.7. The van der Waals surface area contributed by atoms with Gasteiger partial charge in [-0.25, -0.2) is 19.2 Å². The Balaban J connectivity index is 3.61. The minimum Gasteiger partial charge on any atom is -0.477 e. The number of carboxylic acid groups (broad SMARTS) is 2. The highest BCUT2D eigenvalue weighted by Gasteiger charge is 2.71. The average Bonchev–Trinajstić information content (AvgIpc) is 2.50. The molecule has 1 saturated heterocycles. The number of urea groups is 1. The highest BCUT2D eigenvalue weighted by atomic mass is 16.4. The van der Waals surface area contributed by atoms with Gasteiger partial charge in [-0.05, 0) is 6.42 Å². The molecule has 0 aromatic heterocycles. The summed E-state index contributed by atoms with van der Waals surface area (Å²) in [5, 5.41) is 18.5. The number of amides is 4. The molecule has 10 nitrogen and oxygen atoms in total. The summed E-state index contributed by atoms with van der Waals surface area (Å²) in [5.74, 6) is -4.23. The summed E-state index contributed by atoms with van der Waals surface area (Å²) in [5.41, 5.74) is 0. The maximum absolute atomic E-state index is 13.3. The molecule has 2 N–H and O–H groups in total. The summed E-state index contributed by atoms with van der Waals surface area (Å²) in [7, 11) is 5.38. The van der Waals surface area contributed by atoms with Crippen molar-refractivity contribution in [3.63, 3.8) is 0 Å². The van der Waals surface area contributed by atoms with Gasteiger partial charge >= 0.3 is 35.8 Å². The van der Waals surface area contributed by atoms with E-state index in [9.17, 15) is 34.2 Å². The number of hydrogen-bond acceptors (Lipinski definition) is 5. The van der Waals surface area contributed by atoms with Gasteiger partial charge in [0.15, 0.2) is 13.1 Å². The Morgan fingerprint density at radius 3 is 1.85 bits per heavy atom. The van der Waals surface area contributed by atoms with Gasteiger partial charge in [0.25, 0.3) is 0 Å². The first-order valence-corrected chi connectivity index (χ1v) is 8.74. The number of carbonyl (C=O) groups excluding carboxylic acids is 3. The number of hydrogen-bond donors (Lipinski definition) is 2. The van der Waals surface area contributed by atoms with Crippen LogP contribution in [0.2, 0.25) is 0 Å². The van der Waals surface area contributed by atoms with Crippen LogP contribution in [0.15, 0.2) is 0 Å². The van der Waals surface area contributed by atoms with E-state index in [4.69, 9.17) is 0 Å². The van der Waals surface area contributed by atoms with Crippen LogP contribution in [-0.2, 0) is 19.2 Å². The first-order chi connectivity index (χ1) is 12.1. The molecule has 3 unspecified atom stereocenters. The first-order valence-electron chi connectivity index (χ1n) is 8.74. The van der Waals surface area contributed by atoms with E-state index in [1.54, 1.807) is 0 Å². The molecule has 4 amide bonds. The fraction of sp³-hybridized carbons (Fsp3) is 0.706. The van der Waals surface area contributed by atoms with Gasteiger partial charge in [0.1, 0.15) is 6.54 Å². The monoisotopic (exact) mass is 388 g/mol. The fourth-order valence-electron chi connectivity index (χ4n) is 3.73. The highest BCUT2D eigenvalue weighted by molar-refractivity contribution is 6.06. The van der Waals surface area contributed by atoms with Crippen LogP contribution in [0.5, 0.6) is 0 Å². The lowest BCUT2D eigenvalue weighted by atomic mass is 10.00. The Labute approximate surface area is 158 Å². The number of nitrogens with zero attached hydrogens (tertiary/aromatic N) is 3. The second kappa shape index (κ2) is 7.45. The summed E-state index contributed by atoms with van der Waals surface area (Å²) in [6.45, 7) is 2.48. The molecule has 1 heterocycles. The molecule has 1 rings (SSSR count). The Bertz CT molecular complexity index is 672. The van der Waals surface area contributed by atoms with Gasteiger partial charge in [0.05, 0.1) is 28.2 Å². The van der Waals surface area contributed by atoms with Crippen LogP contribution >= 0.6 is 0 Å². The van der Waals surface area contributed by atoms with E-state index in [-0.39, 0.29) is 12.5 Å². The molecule has 0 aromatic carbocycles. The van der Waals surface area contributed by atoms with Gasteiger partial charge in [-0.2, -0.15) is 4.79 Å². The fourth-order valence-corrected chi connectivity index (χ4v) is 3.73. The Morgan fingerprint density at radius 2 is 1.48 bits per heavy atom. The largest absolute Gasteiger partial charge is 0.529 e. The van der Waals surface area contributed by atoms with Crippen molar-refractivity contribution in [2.45, 2.75) is 26.3 Å². The van der Waals surface area contributed by atoms with Crippen molar-refractivity contribution in [1.82, 2.24) is 0 Å². The lowest BCUT2D eigenvalue weighted by Crippen LogP contribution is -2.82. The number of rotatable bonds is 8. The molecule has 0 bridgehead atoms. The van der Waals surface area contributed by atoms with E-state index < -0.39 is 62.4 Å². The maximum atomic E-state index is 13.3. The highest BCUT2D eigenvalue weighted by Crippen LogP contribution is 2.31. The Morgan fingerprint density at radius 1 is 1.04 bits per heavy atom. The molecule has 0 radical (unpaired) electrons. The van der Waals surface area contributed by atoms with Crippen LogP contribution in [0.3, 0.4) is 0 Å². The minimum absolute atomic E-state index is 0.00513. The van der Waals surface area contributed by atoms with E-state index in [0.717, 1.165) is 0 Å². The van der Waals surface area contributed by atoms with E-state index in [0.29, 0.717) is 6.42 Å². The zero-order valence-electron chi connectivity index (χ0n) is 16.8. The van der Waals surface area contributed by atoms with Crippen molar-refractivity contribution in [3.8, 4) is 0 Å². The van der Waals surface area contributed by atoms with Crippen molar-refractivity contribution < 1.29 is 47.6 Å². The molecule has 1 fully saturated rings. The minimum atomic E-state index is -1.57. The third kappa shape index (κ3) is 4.07. The SMILES string of the molecule is CCC(C)C[N+]1(C)C(=O)C([N+](C)(CC(=O)O)CC(=O)O)C(=O)[N+](C)(C)C1=O. The summed E-state index contributed by atoms with van der Waals surface area (Å²) in [4.78, 5) is 62.1. The lowest BCUT2D eigenvalue weighted by Gasteiger charge is -2.45. The van der Waals surface area contributed by atoms with Gasteiger partial charge < -0.3 is 10.2 Å². The number of likely N-dealkylation sites (N-methyl/N-ethyl adjacent to an activating group) is 3. The molecule has 0 aromatic rings. The molecule has 10 heteroatoms. The van der Waals surface area contributed by atoms with Crippen LogP contribution in [0.25, 0.3) is 0 Å². The van der Waals surface area contributed by atoms with Gasteiger partial charge in [-0.1, -0.05) is 13.8 Å². The molecule has 3 atom stereocenters. The maximum Gasteiger partial charge on any atom is 0.529 e. The van der Waals surface area contributed by atoms with E-state index in [2.05, 4.69) is 0 Å². The second-order valence-electron chi connectivity index (χ2n) is 8.29. The smallest absolute Gasteiger partial charge is 0.477 e. The van der Waals surface area contributed by atoms with Crippen molar-refractivity contribution in [3.05, 3.63) is 0 Å². The third-order valence-electron chi connectivity index (χ3n) is 5.40. The van der Waals surface area contributed by atoms with Gasteiger partial charge in [-0.3, -0.25) is 4.48 Å². The zero-order chi connectivity index (χ0) is 21.4. The van der Waals surface area contributed by atoms with Crippen LogP contribution in [-0.4, -0.2) is 107 Å². The number of aliphatic carboxylic acids is 2. The van der Waals surface area contributed by atoms with Crippen molar-refractivity contribution >= 4 is 29.8 Å². The van der Waals surface area contributed by atoms with E-state index in [1.165, 1.54) is 28.2 Å². The summed E-state index contributed by atoms with van der Waals surface area (Å²) >= 11 is 0. The Hall–Kier alpha value is -2.17. The molecule has 152 valence electrons. The van der Waals surface area contributed by atoms with E-state index >= 15 is 0 Å². The van der Waals surface area contributed by atoms with E-state index in [1.807, 2.05) is 13.8 Å². The molecular formula is C17H30N3O7+3. The predicted octanol–water partition coefficient (Wildman–Crippen LogP) is -0.273. The quantitative estimate of drug-likeness (QED) is 0.433. The van der Waals surface area contributed by atoms with Gasteiger partial charge in [0.2, 0.25) is 0 Å². The molecule has 1 aliphatic heterocycles. The molecule has 27 heavy (non-hydrogen) atoms. The topological polar surface area (TPSA) is 126 Å². The summed E-state index contributed by atoms with van der Waals surface area (Å²) in [6.07, 6.45) is 0.705. The molecule has 0 spiro atoms. The van der Waals surface area contributed by atoms with Crippen molar-refractivity contribution in [2.24, 2.45) is 5.92 Å². The number of imide groups is 2. The van der Waals surface area contributed by atoms with Crippen LogP contribution in [0.4, 0.5) is 4.79 Å². The van der Waals surface area contributed by atoms with Crippen molar-refractivity contribution in [2.75, 3.05) is 47.8 Å². The standard InChI is InChI=1S/C17H28N3O7/c1-7-11(2)8-20(6)16(26)14(15(25)18(3,4)17(20)27)19(5,9-12(21)22)10-13(23)24/h11,14H,7-10H2,1-6H3/q+1/p+2. The van der Waals surface area contributed by atoms with Crippen LogP contribution in [0, 0.1) is 5.92 Å². The molecule has 0 aliphatic carbocycles. The number of carboxylic acids is 2. The molecular weight excluding hydrogens is 358 g/mol. The zero-order valence-corrected chi connectivity index (χ0v) is 16.8. The average molecular weight is 388 g/mol. The molecule has 0 saturated carbocycles. The summed E-state index contributed by atoms with van der Waals surface area (Å²) in [6, 6.07) is -2.18. The van der Waals surface area contributed by atoms with Gasteiger partial charge in [-0.15, -0.1) is 8.97 Å². The number of carbonyl (C=O) groups is 5. The van der Waals surface area contributed by atoms with Crippen LogP contribution in [0.1, 0.15) is 20.3 Å². The lowest BCUT2D eigenvalue weighted by molar-refractivity contribution is -0.949. The van der Waals surface area contributed by atoms with Crippen molar-refractivity contribution in [1.29, 1.82) is 0 Å². The Kier molecular flexibility index (Phi) is 6.31. The third-order valence-corrected chi connectivity index (χ3v) is 5.40. The first kappa shape index (κ1) is 22.9. The van der Waals surface area contributed by atoms with Gasteiger partial charge in [0, 0.05) is 5.92 Å². The molecule has 1 aliphatic rings. The number of quaternary nitrogens is 3. The second-order valence-corrected chi connectivity index (χ2v) is 8.29. The van der Waals surface area contributed by atoms with Crippen LogP contribution < -0.4 is 0 Å². The summed E-state index contributed by atoms with van der Waals surface area (Å²) < 4.78 is -2.26. The number of barbiturate groups is 1.